The highest BCUT2D eigenvalue weighted by atomic mass is 16.5. The molecule has 3 aromatic rings. The average Bonchev–Trinajstić information content (AvgIpc) is 2.70. The van der Waals surface area contributed by atoms with E-state index in [9.17, 15) is 0 Å². The molecule has 0 aliphatic carbocycles. The third-order valence-electron chi connectivity index (χ3n) is 4.89. The van der Waals surface area contributed by atoms with Crippen LogP contribution in [0.1, 0.15) is 22.4 Å². The zero-order valence-electron chi connectivity index (χ0n) is 15.8. The van der Waals surface area contributed by atoms with Crippen molar-refractivity contribution in [1.82, 2.24) is 14.9 Å². The molecule has 5 heteroatoms. The molecular weight excluding hydrogens is 336 g/mol. The van der Waals surface area contributed by atoms with Gasteiger partial charge < -0.3 is 10.1 Å². The normalized spacial score (nSPS) is 13.9. The predicted molar refractivity (Wildman–Crippen MR) is 107 cm³/mol. The van der Waals surface area contributed by atoms with E-state index >= 15 is 0 Å². The van der Waals surface area contributed by atoms with Gasteiger partial charge >= 0.3 is 0 Å². The Morgan fingerprint density at radius 2 is 1.85 bits per heavy atom. The third-order valence-corrected chi connectivity index (χ3v) is 4.89. The largest absolute Gasteiger partial charge is 0.497 e. The highest BCUT2D eigenvalue weighted by Gasteiger charge is 2.18. The highest BCUT2D eigenvalue weighted by Crippen LogP contribution is 2.22. The van der Waals surface area contributed by atoms with Crippen molar-refractivity contribution in [3.63, 3.8) is 0 Å². The Hall–Kier alpha value is -2.92. The number of nitrogens with zero attached hydrogens (tertiary/aromatic N) is 3. The van der Waals surface area contributed by atoms with E-state index in [-0.39, 0.29) is 0 Å². The molecule has 1 N–H and O–H groups in total. The second-order valence-electron chi connectivity index (χ2n) is 6.97. The van der Waals surface area contributed by atoms with Gasteiger partial charge in [-0.3, -0.25) is 4.90 Å². The Labute approximate surface area is 160 Å². The Kier molecular flexibility index (Phi) is 5.03. The molecule has 0 saturated carbocycles. The molecule has 1 aliphatic rings. The maximum atomic E-state index is 5.19. The number of anilines is 2. The van der Waals surface area contributed by atoms with Gasteiger partial charge in [-0.15, -0.1) is 0 Å². The minimum atomic E-state index is 0.644. The summed E-state index contributed by atoms with van der Waals surface area (Å²) in [4.78, 5) is 11.7. The van der Waals surface area contributed by atoms with Crippen LogP contribution in [0.2, 0.25) is 0 Å². The number of nitrogens with one attached hydrogen (secondary N) is 1. The lowest BCUT2D eigenvalue weighted by Gasteiger charge is -2.28. The van der Waals surface area contributed by atoms with Crippen LogP contribution in [0.5, 0.6) is 5.75 Å². The number of hydrogen-bond acceptors (Lipinski definition) is 5. The number of aromatic nitrogens is 2. The van der Waals surface area contributed by atoms with Crippen LogP contribution in [0.15, 0.2) is 54.7 Å². The number of hydrogen-bond donors (Lipinski definition) is 1. The van der Waals surface area contributed by atoms with Gasteiger partial charge in [-0.05, 0) is 36.8 Å². The van der Waals surface area contributed by atoms with E-state index in [1.54, 1.807) is 7.11 Å². The number of methoxy groups -OCH3 is 1. The van der Waals surface area contributed by atoms with Crippen LogP contribution in [-0.4, -0.2) is 28.5 Å². The summed E-state index contributed by atoms with van der Waals surface area (Å²) in [5.74, 6) is 1.48. The van der Waals surface area contributed by atoms with Crippen LogP contribution in [0.3, 0.4) is 0 Å². The van der Waals surface area contributed by atoms with Crippen molar-refractivity contribution in [3.05, 3.63) is 77.1 Å². The molecule has 0 spiro atoms. The summed E-state index contributed by atoms with van der Waals surface area (Å²) in [5, 5.41) is 3.27. The fourth-order valence-electron chi connectivity index (χ4n) is 3.32. The molecule has 138 valence electrons. The van der Waals surface area contributed by atoms with Gasteiger partial charge in [-0.25, -0.2) is 9.97 Å². The Morgan fingerprint density at radius 3 is 2.59 bits per heavy atom. The molecule has 0 amide bonds. The van der Waals surface area contributed by atoms with Gasteiger partial charge in [0, 0.05) is 43.5 Å². The predicted octanol–water partition coefficient (Wildman–Crippen LogP) is 4.10. The molecule has 2 heterocycles. The Balaban J connectivity index is 1.42. The van der Waals surface area contributed by atoms with Gasteiger partial charge in [0.2, 0.25) is 5.95 Å². The van der Waals surface area contributed by atoms with Crippen LogP contribution in [0.4, 0.5) is 11.6 Å². The van der Waals surface area contributed by atoms with Crippen LogP contribution in [0.25, 0.3) is 0 Å². The van der Waals surface area contributed by atoms with Gasteiger partial charge in [0.25, 0.3) is 0 Å². The van der Waals surface area contributed by atoms with Gasteiger partial charge in [0.05, 0.1) is 12.8 Å². The first-order valence-corrected chi connectivity index (χ1v) is 9.23. The van der Waals surface area contributed by atoms with E-state index in [0.29, 0.717) is 5.95 Å². The van der Waals surface area contributed by atoms with Gasteiger partial charge in [-0.1, -0.05) is 29.8 Å². The number of benzene rings is 2. The smallest absolute Gasteiger partial charge is 0.227 e. The lowest BCUT2D eigenvalue weighted by atomic mass is 10.1. The second-order valence-corrected chi connectivity index (χ2v) is 6.97. The van der Waals surface area contributed by atoms with Crippen LogP contribution >= 0.6 is 0 Å². The van der Waals surface area contributed by atoms with E-state index < -0.39 is 0 Å². The third kappa shape index (κ3) is 4.26. The molecule has 5 nitrogen and oxygen atoms in total. The van der Waals surface area contributed by atoms with Crippen LogP contribution < -0.4 is 10.1 Å². The number of rotatable bonds is 5. The first-order valence-electron chi connectivity index (χ1n) is 9.23. The van der Waals surface area contributed by atoms with Crippen LogP contribution in [-0.2, 0) is 19.5 Å². The highest BCUT2D eigenvalue weighted by molar-refractivity contribution is 5.54. The first-order chi connectivity index (χ1) is 13.2. The summed E-state index contributed by atoms with van der Waals surface area (Å²) >= 11 is 0. The summed E-state index contributed by atoms with van der Waals surface area (Å²) in [6, 6.07) is 16.5. The molecule has 4 rings (SSSR count). The summed E-state index contributed by atoms with van der Waals surface area (Å²) in [7, 11) is 1.66. The van der Waals surface area contributed by atoms with Crippen molar-refractivity contribution in [1.29, 1.82) is 0 Å². The van der Waals surface area contributed by atoms with Crippen molar-refractivity contribution in [2.45, 2.75) is 26.4 Å². The van der Waals surface area contributed by atoms with Crippen molar-refractivity contribution in [2.75, 3.05) is 19.0 Å². The maximum Gasteiger partial charge on any atom is 0.227 e. The maximum absolute atomic E-state index is 5.19. The summed E-state index contributed by atoms with van der Waals surface area (Å²) < 4.78 is 5.19. The Morgan fingerprint density at radius 1 is 1.07 bits per heavy atom. The molecule has 27 heavy (non-hydrogen) atoms. The van der Waals surface area contributed by atoms with E-state index in [1.807, 2.05) is 30.5 Å². The van der Waals surface area contributed by atoms with E-state index in [2.05, 4.69) is 46.4 Å². The molecule has 0 unspecified atom stereocenters. The topological polar surface area (TPSA) is 50.3 Å². The van der Waals surface area contributed by atoms with Crippen molar-refractivity contribution < 1.29 is 4.74 Å². The minimum Gasteiger partial charge on any atom is -0.497 e. The van der Waals surface area contributed by atoms with Crippen molar-refractivity contribution in [2.24, 2.45) is 0 Å². The molecule has 1 aliphatic heterocycles. The van der Waals surface area contributed by atoms with Crippen LogP contribution in [0, 0.1) is 6.92 Å². The van der Waals surface area contributed by atoms with E-state index in [0.717, 1.165) is 43.2 Å². The fourth-order valence-corrected chi connectivity index (χ4v) is 3.32. The summed E-state index contributed by atoms with van der Waals surface area (Å²) in [6.07, 6.45) is 2.90. The summed E-state index contributed by atoms with van der Waals surface area (Å²) in [6.45, 7) is 4.99. The Bertz CT molecular complexity index is 907. The zero-order chi connectivity index (χ0) is 18.6. The lowest BCUT2D eigenvalue weighted by Crippen LogP contribution is -2.31. The average molecular weight is 360 g/mol. The van der Waals surface area contributed by atoms with Crippen molar-refractivity contribution >= 4 is 11.6 Å². The molecule has 0 fully saturated rings. The fraction of sp³-hybridized carbons (Fsp3) is 0.273. The molecule has 1 aromatic heterocycles. The van der Waals surface area contributed by atoms with Gasteiger partial charge in [0.15, 0.2) is 0 Å². The molecular formula is C22H24N4O. The van der Waals surface area contributed by atoms with Gasteiger partial charge in [-0.2, -0.15) is 0 Å². The monoisotopic (exact) mass is 360 g/mol. The second kappa shape index (κ2) is 7.76. The van der Waals surface area contributed by atoms with Gasteiger partial charge in [0.1, 0.15) is 5.75 Å². The number of ether oxygens (including phenoxy) is 1. The zero-order valence-corrected chi connectivity index (χ0v) is 15.8. The van der Waals surface area contributed by atoms with E-state index in [1.165, 1.54) is 16.7 Å². The lowest BCUT2D eigenvalue weighted by molar-refractivity contribution is 0.243. The quantitative estimate of drug-likeness (QED) is 0.742. The number of fused-ring (bicyclic) bond motifs is 1. The summed E-state index contributed by atoms with van der Waals surface area (Å²) in [5.41, 5.74) is 5.96. The molecule has 0 atom stereocenters. The minimum absolute atomic E-state index is 0.644. The molecule has 0 radical (unpaired) electrons. The van der Waals surface area contributed by atoms with E-state index in [4.69, 9.17) is 9.72 Å². The molecule has 0 saturated heterocycles. The molecule has 0 bridgehead atoms. The SMILES string of the molecule is COc1ccc(Nc2ncc3c(n2)CCN(Cc2ccc(C)cc2)C3)cc1. The first kappa shape index (κ1) is 17.5. The standard InChI is InChI=1S/C22H24N4O/c1-16-3-5-17(6-4-16)14-26-12-11-21-18(15-26)13-23-22(25-21)24-19-7-9-20(27-2)10-8-19/h3-10,13H,11-12,14-15H2,1-2H3,(H,23,24,25). The molecule has 2 aromatic carbocycles. The van der Waals surface area contributed by atoms with Crippen molar-refractivity contribution in [3.8, 4) is 5.75 Å². The number of aryl methyl sites for hydroxylation is 1.